The van der Waals surface area contributed by atoms with E-state index in [-0.39, 0.29) is 43.2 Å². The van der Waals surface area contributed by atoms with E-state index in [1.807, 2.05) is 19.1 Å². The number of ether oxygens (including phenoxy) is 2. The average molecular weight is 746 g/mol. The lowest BCUT2D eigenvalue weighted by Crippen LogP contribution is -2.51. The van der Waals surface area contributed by atoms with Crippen LogP contribution in [0, 0.1) is 0 Å². The van der Waals surface area contributed by atoms with Gasteiger partial charge in [0.2, 0.25) is 20.0 Å². The van der Waals surface area contributed by atoms with Gasteiger partial charge >= 0.3 is 12.2 Å². The summed E-state index contributed by atoms with van der Waals surface area (Å²) in [5.74, 6) is 0.171. The van der Waals surface area contributed by atoms with E-state index in [2.05, 4.69) is 0 Å². The minimum absolute atomic E-state index is 0.0641. The molecule has 4 aliphatic heterocycles. The van der Waals surface area contributed by atoms with Crippen LogP contribution in [-0.4, -0.2) is 86.9 Å². The van der Waals surface area contributed by atoms with Gasteiger partial charge in [0.25, 0.3) is 0 Å². The maximum absolute atomic E-state index is 12.3. The van der Waals surface area contributed by atoms with Crippen LogP contribution in [-0.2, 0) is 42.7 Å². The molecule has 0 bridgehead atoms. The van der Waals surface area contributed by atoms with Crippen LogP contribution in [0.4, 0.5) is 21.0 Å². The molecule has 0 atom stereocenters. The lowest BCUT2D eigenvalue weighted by Gasteiger charge is -2.40. The molecule has 48 heavy (non-hydrogen) atoms. The molecule has 2 saturated heterocycles. The lowest BCUT2D eigenvalue weighted by molar-refractivity contribution is 0.135. The number of fused-ring (bicyclic) bond motifs is 2. The number of amides is 2. The van der Waals surface area contributed by atoms with Crippen molar-refractivity contribution in [1.82, 2.24) is 8.61 Å². The number of piperidine rings is 2. The normalized spacial score (nSPS) is 20.0. The molecule has 2 fully saturated rings. The van der Waals surface area contributed by atoms with E-state index >= 15 is 0 Å². The number of hydrogen-bond acceptors (Lipinski definition) is 8. The molecule has 0 saturated carbocycles. The van der Waals surface area contributed by atoms with Crippen molar-refractivity contribution in [2.75, 3.05) is 41.7 Å². The van der Waals surface area contributed by atoms with Crippen LogP contribution < -0.4 is 9.80 Å². The predicted molar refractivity (Wildman–Crippen MR) is 186 cm³/mol. The minimum atomic E-state index is -3.25. The van der Waals surface area contributed by atoms with Gasteiger partial charge in [0, 0.05) is 59.4 Å². The van der Waals surface area contributed by atoms with Gasteiger partial charge in [-0.3, -0.25) is 9.80 Å². The average Bonchev–Trinajstić information content (AvgIpc) is 3.05. The van der Waals surface area contributed by atoms with Crippen molar-refractivity contribution < 1.29 is 35.9 Å². The minimum Gasteiger partial charge on any atom is -0.444 e. The van der Waals surface area contributed by atoms with Crippen LogP contribution in [0.25, 0.3) is 0 Å². The highest BCUT2D eigenvalue weighted by atomic mass is 35.5. The molecule has 0 radical (unpaired) electrons. The number of benzene rings is 2. The zero-order valence-corrected chi connectivity index (χ0v) is 30.5. The molecule has 264 valence electrons. The Hall–Kier alpha value is -2.62. The number of hydrogen-bond donors (Lipinski definition) is 0. The Morgan fingerprint density at radius 1 is 0.729 bits per heavy atom. The van der Waals surface area contributed by atoms with E-state index in [0.717, 1.165) is 22.5 Å². The summed E-state index contributed by atoms with van der Waals surface area (Å²) in [7, 11) is -6.44. The molecule has 0 aromatic heterocycles. The number of halogens is 2. The molecule has 4 aliphatic rings. The Labute approximate surface area is 292 Å². The maximum atomic E-state index is 12.3. The van der Waals surface area contributed by atoms with Gasteiger partial charge in [-0.15, -0.1) is 0 Å². The quantitative estimate of drug-likeness (QED) is 0.337. The molecule has 0 unspecified atom stereocenters. The Morgan fingerprint density at radius 3 is 1.54 bits per heavy atom. The lowest BCUT2D eigenvalue weighted by atomic mass is 10.0. The Kier molecular flexibility index (Phi) is 11.5. The van der Waals surface area contributed by atoms with Crippen molar-refractivity contribution in [2.45, 2.75) is 83.4 Å². The second-order valence-electron chi connectivity index (χ2n) is 12.6. The first-order chi connectivity index (χ1) is 22.7. The molecule has 0 N–H and O–H groups in total. The molecule has 12 nitrogen and oxygen atoms in total. The van der Waals surface area contributed by atoms with E-state index in [9.17, 15) is 26.4 Å². The standard InChI is InChI=1S/2C16H21ClN2O4S/c1-11(2)24(21,22)18-7-5-14(6-8-18)19-15-4-3-13(17)9-12(15)10-23-16(19)20;1-2-9-24(21,22)18-7-5-14(6-8-18)19-15-4-3-13(17)10-12(15)11-23-16(19)20/h3-4,9,11,14H,5-8,10H2,1-2H3;3-4,10,14H,2,5-9,11H2,1H3. The molecule has 0 aliphatic carbocycles. The first kappa shape index (κ1) is 36.7. The summed E-state index contributed by atoms with van der Waals surface area (Å²) in [5.41, 5.74) is 3.37. The van der Waals surface area contributed by atoms with Gasteiger partial charge in [0.1, 0.15) is 13.2 Å². The van der Waals surface area contributed by atoms with Crippen LogP contribution >= 0.6 is 23.2 Å². The molecular weight excluding hydrogens is 703 g/mol. The van der Waals surface area contributed by atoms with Crippen molar-refractivity contribution in [3.05, 3.63) is 57.6 Å². The third-order valence-corrected chi connectivity index (χ3v) is 13.9. The zero-order chi connectivity index (χ0) is 34.8. The highest BCUT2D eigenvalue weighted by molar-refractivity contribution is 7.89. The van der Waals surface area contributed by atoms with Crippen molar-refractivity contribution >= 4 is 66.8 Å². The number of rotatable bonds is 7. The summed E-state index contributed by atoms with van der Waals surface area (Å²) in [5, 5.41) is 0.772. The molecule has 4 heterocycles. The van der Waals surface area contributed by atoms with E-state index in [1.54, 1.807) is 47.9 Å². The number of nitrogens with zero attached hydrogens (tertiary/aromatic N) is 4. The van der Waals surface area contributed by atoms with Crippen LogP contribution in [0.1, 0.15) is 64.0 Å². The van der Waals surface area contributed by atoms with Crippen LogP contribution in [0.2, 0.25) is 10.0 Å². The Bertz CT molecular complexity index is 1730. The van der Waals surface area contributed by atoms with Gasteiger partial charge in [-0.05, 0) is 82.3 Å². The highest BCUT2D eigenvalue weighted by Crippen LogP contribution is 2.35. The van der Waals surface area contributed by atoms with Gasteiger partial charge in [0.05, 0.1) is 22.4 Å². The van der Waals surface area contributed by atoms with Gasteiger partial charge in [0.15, 0.2) is 0 Å². The first-order valence-corrected chi connectivity index (χ1v) is 20.1. The third-order valence-electron chi connectivity index (χ3n) is 9.09. The summed E-state index contributed by atoms with van der Waals surface area (Å²) in [6.07, 6.45) is 2.22. The van der Waals surface area contributed by atoms with E-state index in [4.69, 9.17) is 32.7 Å². The third kappa shape index (κ3) is 7.89. The molecule has 2 amide bonds. The molecule has 6 rings (SSSR count). The monoisotopic (exact) mass is 744 g/mol. The van der Waals surface area contributed by atoms with Crippen molar-refractivity contribution in [3.63, 3.8) is 0 Å². The molecule has 2 aromatic carbocycles. The van der Waals surface area contributed by atoms with E-state index in [1.165, 1.54) is 8.61 Å². The predicted octanol–water partition coefficient (Wildman–Crippen LogP) is 6.00. The largest absolute Gasteiger partial charge is 0.444 e. The molecule has 2 aromatic rings. The van der Waals surface area contributed by atoms with E-state index < -0.39 is 25.3 Å². The summed E-state index contributed by atoms with van der Waals surface area (Å²) in [6, 6.07) is 10.6. The van der Waals surface area contributed by atoms with Crippen LogP contribution in [0.3, 0.4) is 0 Å². The summed E-state index contributed by atoms with van der Waals surface area (Å²) in [6.45, 7) is 7.35. The number of carbonyl (C=O) groups is 2. The van der Waals surface area contributed by atoms with Gasteiger partial charge < -0.3 is 9.47 Å². The Balaban J connectivity index is 0.000000188. The Morgan fingerprint density at radius 2 is 1.15 bits per heavy atom. The number of carbonyl (C=O) groups excluding carboxylic acids is 2. The van der Waals surface area contributed by atoms with Gasteiger partial charge in [-0.1, -0.05) is 30.1 Å². The summed E-state index contributed by atoms with van der Waals surface area (Å²) < 4.78 is 62.5. The summed E-state index contributed by atoms with van der Waals surface area (Å²) in [4.78, 5) is 27.8. The molecule has 0 spiro atoms. The number of anilines is 2. The van der Waals surface area contributed by atoms with Crippen molar-refractivity contribution in [2.24, 2.45) is 0 Å². The van der Waals surface area contributed by atoms with Gasteiger partial charge in [-0.2, -0.15) is 0 Å². The van der Waals surface area contributed by atoms with Crippen molar-refractivity contribution in [1.29, 1.82) is 0 Å². The first-order valence-electron chi connectivity index (χ1n) is 16.2. The fourth-order valence-corrected chi connectivity index (χ4v) is 9.78. The van der Waals surface area contributed by atoms with Crippen LogP contribution in [0.15, 0.2) is 36.4 Å². The number of sulfonamides is 2. The zero-order valence-electron chi connectivity index (χ0n) is 27.3. The van der Waals surface area contributed by atoms with E-state index in [0.29, 0.717) is 68.3 Å². The topological polar surface area (TPSA) is 134 Å². The fraction of sp³-hybridized carbons (Fsp3) is 0.562. The maximum Gasteiger partial charge on any atom is 0.414 e. The highest BCUT2D eigenvalue weighted by Gasteiger charge is 2.38. The second kappa shape index (κ2) is 15.1. The van der Waals surface area contributed by atoms with Crippen LogP contribution in [0.5, 0.6) is 0 Å². The molecular formula is C32H42Cl2N4O8S2. The second-order valence-corrected chi connectivity index (χ2v) is 18.0. The summed E-state index contributed by atoms with van der Waals surface area (Å²) >= 11 is 12.0. The van der Waals surface area contributed by atoms with Crippen molar-refractivity contribution in [3.8, 4) is 0 Å². The number of cyclic esters (lactones) is 2. The van der Waals surface area contributed by atoms with Gasteiger partial charge in [-0.25, -0.2) is 35.0 Å². The smallest absolute Gasteiger partial charge is 0.414 e. The fourth-order valence-electron chi connectivity index (χ4n) is 6.53. The molecule has 16 heteroatoms. The SMILES string of the molecule is CC(C)S(=O)(=O)N1CCC(N2C(=O)OCc3cc(Cl)ccc32)CC1.CCCS(=O)(=O)N1CCC(N2C(=O)OCc3cc(Cl)ccc32)CC1.